The van der Waals surface area contributed by atoms with Crippen LogP contribution in [0.15, 0.2) is 54.9 Å². The van der Waals surface area contributed by atoms with E-state index in [0.29, 0.717) is 5.69 Å². The van der Waals surface area contributed by atoms with Crippen molar-refractivity contribution in [3.63, 3.8) is 0 Å². The van der Waals surface area contributed by atoms with Crippen molar-refractivity contribution in [2.45, 2.75) is 6.92 Å². The van der Waals surface area contributed by atoms with E-state index in [2.05, 4.69) is 27.8 Å². The molecule has 0 saturated carbocycles. The van der Waals surface area contributed by atoms with Gasteiger partial charge in [0.05, 0.1) is 11.4 Å². The SMILES string of the molecule is C=C1Nc2ccc(NC(=O)Nc3ccccc3C)cc2N1. The monoisotopic (exact) mass is 280 g/mol. The molecule has 0 atom stereocenters. The molecule has 0 aliphatic carbocycles. The van der Waals surface area contributed by atoms with E-state index >= 15 is 0 Å². The number of benzene rings is 2. The Kier molecular flexibility index (Phi) is 3.23. The van der Waals surface area contributed by atoms with Crippen molar-refractivity contribution in [2.75, 3.05) is 21.3 Å². The first-order valence-corrected chi connectivity index (χ1v) is 6.62. The van der Waals surface area contributed by atoms with Crippen molar-refractivity contribution in [3.8, 4) is 0 Å². The van der Waals surface area contributed by atoms with Crippen LogP contribution in [0.25, 0.3) is 0 Å². The normalized spacial score (nSPS) is 12.1. The van der Waals surface area contributed by atoms with E-state index in [-0.39, 0.29) is 6.03 Å². The fourth-order valence-electron chi connectivity index (χ4n) is 2.19. The average molecular weight is 280 g/mol. The van der Waals surface area contributed by atoms with Crippen LogP contribution in [0.2, 0.25) is 0 Å². The molecule has 106 valence electrons. The highest BCUT2D eigenvalue weighted by Gasteiger charge is 2.13. The Labute approximate surface area is 123 Å². The molecule has 5 heteroatoms. The summed E-state index contributed by atoms with van der Waals surface area (Å²) in [4.78, 5) is 12.0. The molecular weight excluding hydrogens is 264 g/mol. The molecule has 0 unspecified atom stereocenters. The van der Waals surface area contributed by atoms with Crippen LogP contribution in [0, 0.1) is 6.92 Å². The molecule has 4 N–H and O–H groups in total. The van der Waals surface area contributed by atoms with Gasteiger partial charge in [-0.3, -0.25) is 0 Å². The molecule has 0 bridgehead atoms. The molecular formula is C16H16N4O. The highest BCUT2D eigenvalue weighted by molar-refractivity contribution is 6.01. The topological polar surface area (TPSA) is 65.2 Å². The summed E-state index contributed by atoms with van der Waals surface area (Å²) in [6.07, 6.45) is 0. The zero-order valence-corrected chi connectivity index (χ0v) is 11.7. The number of nitrogens with one attached hydrogen (secondary N) is 4. The van der Waals surface area contributed by atoms with Gasteiger partial charge >= 0.3 is 6.03 Å². The van der Waals surface area contributed by atoms with Gasteiger partial charge in [-0.15, -0.1) is 0 Å². The molecule has 3 rings (SSSR count). The Morgan fingerprint density at radius 1 is 1.05 bits per heavy atom. The average Bonchev–Trinajstić information content (AvgIpc) is 2.80. The van der Waals surface area contributed by atoms with Crippen LogP contribution >= 0.6 is 0 Å². The van der Waals surface area contributed by atoms with Gasteiger partial charge in [-0.25, -0.2) is 4.79 Å². The van der Waals surface area contributed by atoms with Gasteiger partial charge in [0.1, 0.15) is 5.82 Å². The molecule has 2 aromatic carbocycles. The van der Waals surface area contributed by atoms with Crippen LogP contribution in [0.1, 0.15) is 5.56 Å². The number of urea groups is 1. The third-order valence-corrected chi connectivity index (χ3v) is 3.24. The molecule has 2 aromatic rings. The second kappa shape index (κ2) is 5.20. The van der Waals surface area contributed by atoms with Crippen LogP contribution in [0.3, 0.4) is 0 Å². The van der Waals surface area contributed by atoms with Gasteiger partial charge in [0.15, 0.2) is 0 Å². The van der Waals surface area contributed by atoms with Gasteiger partial charge in [0.2, 0.25) is 0 Å². The van der Waals surface area contributed by atoms with Crippen LogP contribution in [0.5, 0.6) is 0 Å². The minimum Gasteiger partial charge on any atom is -0.341 e. The van der Waals surface area contributed by atoms with E-state index in [1.807, 2.05) is 49.4 Å². The first-order valence-electron chi connectivity index (χ1n) is 6.62. The van der Waals surface area contributed by atoms with Gasteiger partial charge in [-0.05, 0) is 36.8 Å². The highest BCUT2D eigenvalue weighted by atomic mass is 16.2. The van der Waals surface area contributed by atoms with E-state index < -0.39 is 0 Å². The molecule has 1 aliphatic heterocycles. The predicted octanol–water partition coefficient (Wildman–Crippen LogP) is 3.95. The maximum atomic E-state index is 12.0. The van der Waals surface area contributed by atoms with Gasteiger partial charge in [-0.2, -0.15) is 0 Å². The first-order chi connectivity index (χ1) is 10.1. The molecule has 0 radical (unpaired) electrons. The van der Waals surface area contributed by atoms with Gasteiger partial charge in [0.25, 0.3) is 0 Å². The second-order valence-electron chi connectivity index (χ2n) is 4.88. The number of anilines is 4. The van der Waals surface area contributed by atoms with E-state index in [0.717, 1.165) is 28.4 Å². The summed E-state index contributed by atoms with van der Waals surface area (Å²) in [5.74, 6) is 0.728. The Balaban J connectivity index is 1.70. The minimum absolute atomic E-state index is 0.269. The predicted molar refractivity (Wildman–Crippen MR) is 86.6 cm³/mol. The Morgan fingerprint density at radius 3 is 2.62 bits per heavy atom. The minimum atomic E-state index is -0.269. The molecule has 0 fully saturated rings. The number of hydrogen-bond donors (Lipinski definition) is 4. The second-order valence-corrected chi connectivity index (χ2v) is 4.88. The highest BCUT2D eigenvalue weighted by Crippen LogP contribution is 2.32. The summed E-state index contributed by atoms with van der Waals surface area (Å²) in [6.45, 7) is 5.75. The summed E-state index contributed by atoms with van der Waals surface area (Å²) in [5.41, 5.74) is 4.37. The number of carbonyl (C=O) groups excluding carboxylic acids is 1. The number of amides is 2. The summed E-state index contributed by atoms with van der Waals surface area (Å²) >= 11 is 0. The van der Waals surface area contributed by atoms with Gasteiger partial charge < -0.3 is 21.3 Å². The van der Waals surface area contributed by atoms with Crippen LogP contribution in [0.4, 0.5) is 27.5 Å². The molecule has 0 spiro atoms. The summed E-state index contributed by atoms with van der Waals surface area (Å²) < 4.78 is 0. The van der Waals surface area contributed by atoms with Crippen molar-refractivity contribution in [2.24, 2.45) is 0 Å². The van der Waals surface area contributed by atoms with Crippen LogP contribution in [-0.2, 0) is 0 Å². The molecule has 5 nitrogen and oxygen atoms in total. The van der Waals surface area contributed by atoms with E-state index in [1.54, 1.807) is 0 Å². The quantitative estimate of drug-likeness (QED) is 0.673. The van der Waals surface area contributed by atoms with Crippen LogP contribution < -0.4 is 21.3 Å². The Morgan fingerprint density at radius 2 is 1.81 bits per heavy atom. The first kappa shape index (κ1) is 13.1. The van der Waals surface area contributed by atoms with Crippen molar-refractivity contribution in [1.82, 2.24) is 0 Å². The lowest BCUT2D eigenvalue weighted by atomic mass is 10.2. The maximum absolute atomic E-state index is 12.0. The lowest BCUT2D eigenvalue weighted by molar-refractivity contribution is 0.262. The van der Waals surface area contributed by atoms with E-state index in [4.69, 9.17) is 0 Å². The van der Waals surface area contributed by atoms with E-state index in [1.165, 1.54) is 0 Å². The molecule has 1 aliphatic rings. The Hall–Kier alpha value is -2.95. The fraction of sp³-hybridized carbons (Fsp3) is 0.0625. The third-order valence-electron chi connectivity index (χ3n) is 3.24. The van der Waals surface area contributed by atoms with E-state index in [9.17, 15) is 4.79 Å². The smallest absolute Gasteiger partial charge is 0.323 e. The van der Waals surface area contributed by atoms with Crippen LogP contribution in [-0.4, -0.2) is 6.03 Å². The van der Waals surface area contributed by atoms with Crippen molar-refractivity contribution >= 4 is 28.8 Å². The largest absolute Gasteiger partial charge is 0.341 e. The zero-order chi connectivity index (χ0) is 14.8. The zero-order valence-electron chi connectivity index (χ0n) is 11.7. The Bertz CT molecular complexity index is 724. The van der Waals surface area contributed by atoms with Crippen molar-refractivity contribution in [1.29, 1.82) is 0 Å². The number of fused-ring (bicyclic) bond motifs is 1. The third kappa shape index (κ3) is 2.81. The fourth-order valence-corrected chi connectivity index (χ4v) is 2.19. The van der Waals surface area contributed by atoms with Crippen molar-refractivity contribution < 1.29 is 4.79 Å². The number of carbonyl (C=O) groups is 1. The maximum Gasteiger partial charge on any atom is 0.323 e. The summed E-state index contributed by atoms with van der Waals surface area (Å²) in [7, 11) is 0. The number of para-hydroxylation sites is 1. The summed E-state index contributed by atoms with van der Waals surface area (Å²) in [5, 5.41) is 11.8. The number of hydrogen-bond acceptors (Lipinski definition) is 3. The molecule has 1 heterocycles. The number of aryl methyl sites for hydroxylation is 1. The molecule has 0 saturated heterocycles. The number of rotatable bonds is 2. The molecule has 2 amide bonds. The van der Waals surface area contributed by atoms with Gasteiger partial charge in [0, 0.05) is 11.4 Å². The molecule has 0 aromatic heterocycles. The van der Waals surface area contributed by atoms with Gasteiger partial charge in [-0.1, -0.05) is 24.8 Å². The molecule has 21 heavy (non-hydrogen) atoms. The standard InChI is InChI=1S/C16H16N4O/c1-10-5-3-4-6-13(10)20-16(21)19-12-7-8-14-15(9-12)18-11(2)17-14/h3-9,17-18H,2H2,1H3,(H2,19,20,21). The lowest BCUT2D eigenvalue weighted by Crippen LogP contribution is -2.19. The lowest BCUT2D eigenvalue weighted by Gasteiger charge is -2.10. The summed E-state index contributed by atoms with van der Waals surface area (Å²) in [6, 6.07) is 13.0. The van der Waals surface area contributed by atoms with Crippen molar-refractivity contribution in [3.05, 3.63) is 60.4 Å².